The summed E-state index contributed by atoms with van der Waals surface area (Å²) in [6, 6.07) is 6.12. The van der Waals surface area contributed by atoms with E-state index in [1.54, 1.807) is 7.11 Å². The first-order valence-corrected chi connectivity index (χ1v) is 9.34. The molecule has 0 amide bonds. The molecule has 0 saturated carbocycles. The van der Waals surface area contributed by atoms with Crippen LogP contribution in [0.3, 0.4) is 0 Å². The molecular formula is C17H21IN4OS. The molecular weight excluding hydrogens is 435 g/mol. The summed E-state index contributed by atoms with van der Waals surface area (Å²) in [6.07, 6.45) is 1.83. The molecule has 2 aromatic rings. The highest BCUT2D eigenvalue weighted by molar-refractivity contribution is 14.1. The van der Waals surface area contributed by atoms with Crippen molar-refractivity contribution in [1.82, 2.24) is 20.2 Å². The summed E-state index contributed by atoms with van der Waals surface area (Å²) in [6.45, 7) is 5.60. The van der Waals surface area contributed by atoms with Gasteiger partial charge in [-0.25, -0.2) is 0 Å². The Hall–Kier alpha value is -1.19. The van der Waals surface area contributed by atoms with E-state index in [0.717, 1.165) is 17.4 Å². The van der Waals surface area contributed by atoms with E-state index in [-0.39, 0.29) is 12.1 Å². The Balaban J connectivity index is 2.07. The Bertz CT molecular complexity index is 734. The minimum atomic E-state index is 0.0259. The molecule has 0 aromatic carbocycles. The quantitative estimate of drug-likeness (QED) is 0.535. The molecule has 0 spiro atoms. The number of hydrogen-bond acceptors (Lipinski definition) is 3. The molecule has 1 aliphatic rings. The second kappa shape index (κ2) is 7.37. The van der Waals surface area contributed by atoms with Gasteiger partial charge in [-0.2, -0.15) is 0 Å². The Morgan fingerprint density at radius 2 is 2.12 bits per heavy atom. The first kappa shape index (κ1) is 17.6. The van der Waals surface area contributed by atoms with Crippen LogP contribution in [0.1, 0.15) is 34.7 Å². The molecule has 2 unspecified atom stereocenters. The van der Waals surface area contributed by atoms with E-state index in [1.165, 1.54) is 20.5 Å². The van der Waals surface area contributed by atoms with Gasteiger partial charge in [-0.15, -0.1) is 0 Å². The molecule has 3 rings (SSSR count). The van der Waals surface area contributed by atoms with Crippen LogP contribution in [0.5, 0.6) is 0 Å². The Kier molecular flexibility index (Phi) is 5.41. The second-order valence-corrected chi connectivity index (χ2v) is 7.38. The smallest absolute Gasteiger partial charge is 0.170 e. The zero-order chi connectivity index (χ0) is 17.3. The molecule has 1 saturated heterocycles. The topological polar surface area (TPSA) is 53.2 Å². The minimum Gasteiger partial charge on any atom is -0.383 e. The van der Waals surface area contributed by atoms with Crippen LogP contribution in [-0.2, 0) is 4.74 Å². The number of nitrogens with one attached hydrogen (secondary N) is 2. The highest BCUT2D eigenvalue weighted by Gasteiger charge is 2.41. The summed E-state index contributed by atoms with van der Waals surface area (Å²) in [5.74, 6) is 0. The number of pyridine rings is 1. The third-order valence-corrected chi connectivity index (χ3v) is 6.12. The first-order valence-electron chi connectivity index (χ1n) is 7.86. The SMILES string of the molecule is COCCN1C(=S)NC(c2ccccn2)C1c1c(C)[nH]c(C)c1I. The molecule has 0 bridgehead atoms. The standard InChI is InChI=1S/C17H21IN4OS/c1-10-13(14(18)11(2)20-10)16-15(12-6-4-5-7-19-12)21-17(24)22(16)8-9-23-3/h4-7,15-16,20H,8-9H2,1-3H3,(H,21,24). The molecule has 2 N–H and O–H groups in total. The molecule has 3 heterocycles. The van der Waals surface area contributed by atoms with Gasteiger partial charge in [-0.1, -0.05) is 6.07 Å². The zero-order valence-corrected chi connectivity index (χ0v) is 16.9. The summed E-state index contributed by atoms with van der Waals surface area (Å²) < 4.78 is 6.54. The van der Waals surface area contributed by atoms with Gasteiger partial charge in [0.05, 0.1) is 24.4 Å². The Morgan fingerprint density at radius 3 is 2.71 bits per heavy atom. The predicted octanol–water partition coefficient (Wildman–Crippen LogP) is 3.25. The number of halogens is 1. The van der Waals surface area contributed by atoms with E-state index < -0.39 is 0 Å². The van der Waals surface area contributed by atoms with Crippen LogP contribution in [0.15, 0.2) is 24.4 Å². The number of methoxy groups -OCH3 is 1. The van der Waals surface area contributed by atoms with Gasteiger partial charge in [-0.3, -0.25) is 4.98 Å². The number of ether oxygens (including phenoxy) is 1. The molecule has 128 valence electrons. The number of thiocarbonyl (C=S) groups is 1. The number of rotatable bonds is 5. The highest BCUT2D eigenvalue weighted by Crippen LogP contribution is 2.42. The number of hydrogen-bond donors (Lipinski definition) is 2. The highest BCUT2D eigenvalue weighted by atomic mass is 127. The van der Waals surface area contributed by atoms with Crippen LogP contribution in [0.2, 0.25) is 0 Å². The van der Waals surface area contributed by atoms with Crippen LogP contribution in [-0.4, -0.2) is 40.2 Å². The van der Waals surface area contributed by atoms with Crippen molar-refractivity contribution in [2.45, 2.75) is 25.9 Å². The monoisotopic (exact) mass is 456 g/mol. The van der Waals surface area contributed by atoms with Crippen molar-refractivity contribution in [3.63, 3.8) is 0 Å². The number of H-pyrrole nitrogens is 1. The summed E-state index contributed by atoms with van der Waals surface area (Å²) in [5, 5.41) is 4.22. The van der Waals surface area contributed by atoms with Crippen molar-refractivity contribution in [1.29, 1.82) is 0 Å². The lowest BCUT2D eigenvalue weighted by molar-refractivity contribution is 0.164. The Morgan fingerprint density at radius 1 is 1.33 bits per heavy atom. The molecule has 1 aliphatic heterocycles. The maximum absolute atomic E-state index is 5.62. The summed E-state index contributed by atoms with van der Waals surface area (Å²) in [4.78, 5) is 10.2. The number of aromatic nitrogens is 2. The third-order valence-electron chi connectivity index (χ3n) is 4.37. The summed E-state index contributed by atoms with van der Waals surface area (Å²) in [7, 11) is 1.72. The zero-order valence-electron chi connectivity index (χ0n) is 14.0. The third kappa shape index (κ3) is 3.16. The molecule has 2 atom stereocenters. The molecule has 24 heavy (non-hydrogen) atoms. The normalized spacial score (nSPS) is 20.5. The van der Waals surface area contributed by atoms with Gasteiger partial charge in [-0.05, 0) is 60.8 Å². The molecule has 0 radical (unpaired) electrons. The van der Waals surface area contributed by atoms with Crippen LogP contribution in [0.25, 0.3) is 0 Å². The maximum atomic E-state index is 5.62. The molecule has 2 aromatic heterocycles. The van der Waals surface area contributed by atoms with Crippen LogP contribution >= 0.6 is 34.8 Å². The molecule has 7 heteroatoms. The van der Waals surface area contributed by atoms with E-state index in [0.29, 0.717) is 6.61 Å². The van der Waals surface area contributed by atoms with Gasteiger partial charge < -0.3 is 19.9 Å². The lowest BCUT2D eigenvalue weighted by Crippen LogP contribution is -2.33. The summed E-state index contributed by atoms with van der Waals surface area (Å²) in [5.41, 5.74) is 4.65. The van der Waals surface area contributed by atoms with E-state index in [9.17, 15) is 0 Å². The largest absolute Gasteiger partial charge is 0.383 e. The van der Waals surface area contributed by atoms with E-state index in [4.69, 9.17) is 17.0 Å². The molecule has 0 aliphatic carbocycles. The van der Waals surface area contributed by atoms with Crippen molar-refractivity contribution in [3.8, 4) is 0 Å². The van der Waals surface area contributed by atoms with Gasteiger partial charge in [0.2, 0.25) is 0 Å². The van der Waals surface area contributed by atoms with Crippen LogP contribution in [0, 0.1) is 17.4 Å². The lowest BCUT2D eigenvalue weighted by atomic mass is 9.97. The van der Waals surface area contributed by atoms with Gasteiger partial charge >= 0.3 is 0 Å². The maximum Gasteiger partial charge on any atom is 0.170 e. The summed E-state index contributed by atoms with van der Waals surface area (Å²) >= 11 is 8.04. The van der Waals surface area contributed by atoms with E-state index >= 15 is 0 Å². The lowest BCUT2D eigenvalue weighted by Gasteiger charge is -2.28. The van der Waals surface area contributed by atoms with Crippen molar-refractivity contribution < 1.29 is 4.74 Å². The minimum absolute atomic E-state index is 0.0259. The number of aromatic amines is 1. The van der Waals surface area contributed by atoms with Gasteiger partial charge in [0.25, 0.3) is 0 Å². The average molecular weight is 456 g/mol. The van der Waals surface area contributed by atoms with E-state index in [2.05, 4.69) is 62.7 Å². The number of aryl methyl sites for hydroxylation is 2. The Labute approximate surface area is 161 Å². The number of nitrogens with zero attached hydrogens (tertiary/aromatic N) is 2. The van der Waals surface area contributed by atoms with Gasteiger partial charge in [0.1, 0.15) is 0 Å². The van der Waals surface area contributed by atoms with E-state index in [1.807, 2.05) is 18.3 Å². The fourth-order valence-electron chi connectivity index (χ4n) is 3.27. The average Bonchev–Trinajstić information content (AvgIpc) is 3.02. The van der Waals surface area contributed by atoms with Crippen molar-refractivity contribution in [2.24, 2.45) is 0 Å². The van der Waals surface area contributed by atoms with Gasteiger partial charge in [0.15, 0.2) is 5.11 Å². The first-order chi connectivity index (χ1) is 11.5. The fraction of sp³-hybridized carbons (Fsp3) is 0.412. The predicted molar refractivity (Wildman–Crippen MR) is 107 cm³/mol. The van der Waals surface area contributed by atoms with Crippen LogP contribution < -0.4 is 5.32 Å². The van der Waals surface area contributed by atoms with Crippen molar-refractivity contribution in [3.05, 3.63) is 50.6 Å². The second-order valence-electron chi connectivity index (χ2n) is 5.92. The molecule has 1 fully saturated rings. The molecule has 5 nitrogen and oxygen atoms in total. The van der Waals surface area contributed by atoms with Gasteiger partial charge in [0, 0.05) is 40.4 Å². The van der Waals surface area contributed by atoms with Crippen molar-refractivity contribution in [2.75, 3.05) is 20.3 Å². The fourth-order valence-corrected chi connectivity index (χ4v) is 4.46. The van der Waals surface area contributed by atoms with Crippen molar-refractivity contribution >= 4 is 39.9 Å². The van der Waals surface area contributed by atoms with Crippen LogP contribution in [0.4, 0.5) is 0 Å².